The Bertz CT molecular complexity index is 1770. The van der Waals surface area contributed by atoms with E-state index >= 15 is 0 Å². The molecule has 42 heavy (non-hydrogen) atoms. The molecule has 1 aliphatic heterocycles. The Balaban J connectivity index is 1.16. The first-order chi connectivity index (χ1) is 20.4. The Morgan fingerprint density at radius 2 is 1.79 bits per heavy atom. The van der Waals surface area contributed by atoms with Crippen LogP contribution >= 0.6 is 11.8 Å². The lowest BCUT2D eigenvalue weighted by atomic mass is 10.1. The molecule has 3 heterocycles. The fourth-order valence-corrected chi connectivity index (χ4v) is 6.21. The molecule has 0 aliphatic carbocycles. The number of piperazine rings is 1. The number of methoxy groups -OCH3 is 1. The van der Waals surface area contributed by atoms with E-state index in [1.54, 1.807) is 19.2 Å². The number of nitrogens with zero attached hydrogens (tertiary/aromatic N) is 6. The minimum atomic E-state index is -0.128. The molecule has 10 heteroatoms. The van der Waals surface area contributed by atoms with E-state index in [1.807, 2.05) is 47.1 Å². The summed E-state index contributed by atoms with van der Waals surface area (Å²) < 4.78 is 7.54. The van der Waals surface area contributed by atoms with Gasteiger partial charge in [-0.05, 0) is 43.7 Å². The molecule has 6 rings (SSSR count). The predicted molar refractivity (Wildman–Crippen MR) is 164 cm³/mol. The van der Waals surface area contributed by atoms with Gasteiger partial charge in [-0.15, -0.1) is 10.2 Å². The van der Waals surface area contributed by atoms with Crippen LogP contribution in [0.15, 0.2) is 78.0 Å². The van der Waals surface area contributed by atoms with Crippen LogP contribution < -0.4 is 4.74 Å². The maximum Gasteiger partial charge on any atom is 0.257 e. The highest BCUT2D eigenvalue weighted by Gasteiger charge is 2.31. The monoisotopic (exact) mass is 580 g/mol. The number of ether oxygens (including phenoxy) is 1. The van der Waals surface area contributed by atoms with Gasteiger partial charge in [0.05, 0.1) is 23.9 Å². The number of carbonyl (C=O) groups excluding carboxylic acids is 2. The van der Waals surface area contributed by atoms with Crippen molar-refractivity contribution in [2.75, 3.05) is 32.5 Å². The maximum absolute atomic E-state index is 13.2. The second-order valence-electron chi connectivity index (χ2n) is 10.5. The van der Waals surface area contributed by atoms with Crippen LogP contribution in [-0.4, -0.2) is 79.9 Å². The van der Waals surface area contributed by atoms with Crippen molar-refractivity contribution in [1.29, 1.82) is 0 Å². The lowest BCUT2D eigenvalue weighted by Gasteiger charge is -2.40. The van der Waals surface area contributed by atoms with Gasteiger partial charge in [0, 0.05) is 37.6 Å². The fourth-order valence-electron chi connectivity index (χ4n) is 5.52. The standard InChI is InChI=1S/C32H32N6O3S/c1-21-13-14-26-25(17-21)29-30(38(26)19-23-9-5-4-6-10-23)33-32(35-34-29)42-20-28(39)36-15-16-37(22(2)18-36)31(40)24-11-7-8-12-27(24)41-3/h4-14,17,22H,15-16,18-20H2,1-3H3. The van der Waals surface area contributed by atoms with Crippen molar-refractivity contribution in [1.82, 2.24) is 29.5 Å². The first-order valence-corrected chi connectivity index (χ1v) is 14.9. The van der Waals surface area contributed by atoms with Gasteiger partial charge in [0.1, 0.15) is 11.3 Å². The van der Waals surface area contributed by atoms with Crippen molar-refractivity contribution >= 4 is 45.6 Å². The number of carbonyl (C=O) groups is 2. The zero-order chi connectivity index (χ0) is 29.2. The van der Waals surface area contributed by atoms with Gasteiger partial charge in [0.15, 0.2) is 5.65 Å². The number of aryl methyl sites for hydroxylation is 1. The van der Waals surface area contributed by atoms with Gasteiger partial charge in [-0.1, -0.05) is 65.9 Å². The van der Waals surface area contributed by atoms with E-state index < -0.39 is 0 Å². The summed E-state index contributed by atoms with van der Waals surface area (Å²) in [5.41, 5.74) is 5.39. The zero-order valence-corrected chi connectivity index (χ0v) is 24.7. The third kappa shape index (κ3) is 5.42. The minimum Gasteiger partial charge on any atom is -0.496 e. The van der Waals surface area contributed by atoms with Crippen LogP contribution in [0.5, 0.6) is 5.75 Å². The molecule has 1 atom stereocenters. The Morgan fingerprint density at radius 1 is 1.00 bits per heavy atom. The molecular formula is C32H32N6O3S. The van der Waals surface area contributed by atoms with E-state index in [0.717, 1.165) is 33.2 Å². The summed E-state index contributed by atoms with van der Waals surface area (Å²) in [5, 5.41) is 10.4. The molecule has 9 nitrogen and oxygen atoms in total. The lowest BCUT2D eigenvalue weighted by Crippen LogP contribution is -2.55. The van der Waals surface area contributed by atoms with Crippen molar-refractivity contribution < 1.29 is 14.3 Å². The highest BCUT2D eigenvalue weighted by molar-refractivity contribution is 7.99. The Hall–Kier alpha value is -4.44. The topological polar surface area (TPSA) is 93.5 Å². The summed E-state index contributed by atoms with van der Waals surface area (Å²) in [6, 6.07) is 23.7. The smallest absolute Gasteiger partial charge is 0.257 e. The second kappa shape index (κ2) is 11.8. The predicted octanol–water partition coefficient (Wildman–Crippen LogP) is 4.81. The molecule has 1 saturated heterocycles. The summed E-state index contributed by atoms with van der Waals surface area (Å²) in [5.74, 6) is 0.641. The SMILES string of the molecule is COc1ccccc1C(=O)N1CCN(C(=O)CSc2nnc3c4cc(C)ccc4n(Cc4ccccc4)c3n2)CC1C. The summed E-state index contributed by atoms with van der Waals surface area (Å²) in [6.07, 6.45) is 0. The molecule has 2 amide bonds. The number of hydrogen-bond acceptors (Lipinski definition) is 7. The van der Waals surface area contributed by atoms with Crippen LogP contribution in [0.2, 0.25) is 0 Å². The van der Waals surface area contributed by atoms with Gasteiger partial charge in [0.25, 0.3) is 5.91 Å². The molecule has 5 aromatic rings. The van der Waals surface area contributed by atoms with Crippen LogP contribution in [0.3, 0.4) is 0 Å². The third-order valence-electron chi connectivity index (χ3n) is 7.69. The van der Waals surface area contributed by atoms with Crippen LogP contribution in [0, 0.1) is 6.92 Å². The van der Waals surface area contributed by atoms with Gasteiger partial charge in [-0.3, -0.25) is 9.59 Å². The summed E-state index contributed by atoms with van der Waals surface area (Å²) in [4.78, 5) is 34.9. The van der Waals surface area contributed by atoms with Crippen molar-refractivity contribution in [2.45, 2.75) is 31.6 Å². The van der Waals surface area contributed by atoms with Gasteiger partial charge in [-0.2, -0.15) is 0 Å². The summed E-state index contributed by atoms with van der Waals surface area (Å²) in [6.45, 7) is 6.06. The third-order valence-corrected chi connectivity index (χ3v) is 8.51. The van der Waals surface area contributed by atoms with Crippen LogP contribution in [-0.2, 0) is 11.3 Å². The molecule has 3 aromatic carbocycles. The Labute approximate surface area is 248 Å². The maximum atomic E-state index is 13.2. The van der Waals surface area contributed by atoms with Crippen molar-refractivity contribution in [2.24, 2.45) is 0 Å². The Morgan fingerprint density at radius 3 is 2.57 bits per heavy atom. The number of rotatable bonds is 7. The Kier molecular flexibility index (Phi) is 7.80. The summed E-state index contributed by atoms with van der Waals surface area (Å²) in [7, 11) is 1.56. The average Bonchev–Trinajstić information content (AvgIpc) is 3.31. The molecule has 0 saturated carbocycles. The summed E-state index contributed by atoms with van der Waals surface area (Å²) >= 11 is 1.29. The molecule has 2 aromatic heterocycles. The second-order valence-corrected chi connectivity index (χ2v) is 11.5. The number of fused-ring (bicyclic) bond motifs is 3. The molecular weight excluding hydrogens is 548 g/mol. The number of benzene rings is 3. The molecule has 0 spiro atoms. The van der Waals surface area contributed by atoms with E-state index in [1.165, 1.54) is 11.8 Å². The number of thioether (sulfide) groups is 1. The lowest BCUT2D eigenvalue weighted by molar-refractivity contribution is -0.130. The van der Waals surface area contributed by atoms with Crippen molar-refractivity contribution in [3.8, 4) is 5.75 Å². The van der Waals surface area contributed by atoms with Gasteiger partial charge >= 0.3 is 0 Å². The molecule has 1 aliphatic rings. The molecule has 0 N–H and O–H groups in total. The van der Waals surface area contributed by atoms with Crippen LogP contribution in [0.4, 0.5) is 0 Å². The fraction of sp³-hybridized carbons (Fsp3) is 0.281. The van der Waals surface area contributed by atoms with Gasteiger partial charge in [0.2, 0.25) is 11.1 Å². The normalized spacial score (nSPS) is 15.4. The minimum absolute atomic E-state index is 0.0135. The van der Waals surface area contributed by atoms with E-state index in [4.69, 9.17) is 9.72 Å². The largest absolute Gasteiger partial charge is 0.496 e. The number of para-hydroxylation sites is 1. The molecule has 1 unspecified atom stereocenters. The van der Waals surface area contributed by atoms with Crippen LogP contribution in [0.25, 0.3) is 22.1 Å². The molecule has 0 radical (unpaired) electrons. The highest BCUT2D eigenvalue weighted by Crippen LogP contribution is 2.29. The number of hydrogen-bond donors (Lipinski definition) is 0. The molecule has 0 bridgehead atoms. The first-order valence-electron chi connectivity index (χ1n) is 13.9. The van der Waals surface area contributed by atoms with Crippen LogP contribution in [0.1, 0.15) is 28.4 Å². The highest BCUT2D eigenvalue weighted by atomic mass is 32.2. The van der Waals surface area contributed by atoms with E-state index in [0.29, 0.717) is 42.6 Å². The van der Waals surface area contributed by atoms with Crippen molar-refractivity contribution in [3.63, 3.8) is 0 Å². The first kappa shape index (κ1) is 27.7. The van der Waals surface area contributed by atoms with E-state index in [2.05, 4.69) is 52.0 Å². The van der Waals surface area contributed by atoms with E-state index in [9.17, 15) is 9.59 Å². The quantitative estimate of drug-likeness (QED) is 0.255. The zero-order valence-electron chi connectivity index (χ0n) is 23.9. The van der Waals surface area contributed by atoms with E-state index in [-0.39, 0.29) is 23.6 Å². The number of aromatic nitrogens is 4. The number of amides is 2. The molecule has 1 fully saturated rings. The van der Waals surface area contributed by atoms with Crippen molar-refractivity contribution in [3.05, 3.63) is 89.5 Å². The van der Waals surface area contributed by atoms with Gasteiger partial charge < -0.3 is 19.1 Å². The van der Waals surface area contributed by atoms with Gasteiger partial charge in [-0.25, -0.2) is 4.98 Å². The average molecular weight is 581 g/mol. The molecule has 214 valence electrons.